The fourth-order valence-electron chi connectivity index (χ4n) is 4.91. The first-order valence-corrected chi connectivity index (χ1v) is 12.9. The number of nitrogens with zero attached hydrogens (tertiary/aromatic N) is 4. The van der Waals surface area contributed by atoms with Gasteiger partial charge in [0.2, 0.25) is 5.95 Å². The third kappa shape index (κ3) is 5.45. The number of carbonyl (C=O) groups is 1. The van der Waals surface area contributed by atoms with E-state index in [1.807, 2.05) is 32.0 Å². The zero-order valence-electron chi connectivity index (χ0n) is 21.6. The molecule has 1 atom stereocenters. The molecule has 2 heterocycles. The molecular weight excluding hydrogens is 470 g/mol. The van der Waals surface area contributed by atoms with Crippen LogP contribution in [0, 0.1) is 6.92 Å². The molecule has 0 radical (unpaired) electrons. The van der Waals surface area contributed by atoms with Crippen LogP contribution in [0.3, 0.4) is 0 Å². The minimum Gasteiger partial charge on any atom is -0.490 e. The van der Waals surface area contributed by atoms with E-state index < -0.39 is 6.04 Å². The summed E-state index contributed by atoms with van der Waals surface area (Å²) < 4.78 is 19.7. The summed E-state index contributed by atoms with van der Waals surface area (Å²) in [6, 6.07) is 13.4. The molecule has 194 valence electrons. The summed E-state index contributed by atoms with van der Waals surface area (Å²) in [7, 11) is 0. The van der Waals surface area contributed by atoms with Gasteiger partial charge in [0.25, 0.3) is 0 Å². The quantitative estimate of drug-likeness (QED) is 0.423. The van der Waals surface area contributed by atoms with Gasteiger partial charge in [-0.1, -0.05) is 47.4 Å². The maximum atomic E-state index is 13.5. The summed E-state index contributed by atoms with van der Waals surface area (Å²) in [5.74, 6) is 1.34. The van der Waals surface area contributed by atoms with Gasteiger partial charge in [-0.15, -0.1) is 0 Å². The molecule has 9 heteroatoms. The van der Waals surface area contributed by atoms with E-state index in [1.54, 1.807) is 4.68 Å². The zero-order chi connectivity index (χ0) is 25.8. The Morgan fingerprint density at radius 1 is 1.03 bits per heavy atom. The number of benzene rings is 2. The first-order chi connectivity index (χ1) is 18.0. The molecule has 0 spiro atoms. The summed E-state index contributed by atoms with van der Waals surface area (Å²) in [5, 5.41) is 15.3. The molecule has 2 aliphatic rings. The number of aromatic nitrogens is 4. The fourth-order valence-corrected chi connectivity index (χ4v) is 4.91. The first kappa shape index (κ1) is 24.8. The molecule has 2 aromatic carbocycles. The molecule has 1 aromatic heterocycles. The smallest absolute Gasteiger partial charge is 0.338 e. The molecule has 1 N–H and O–H groups in total. The second-order valence-electron chi connectivity index (χ2n) is 9.59. The van der Waals surface area contributed by atoms with Crippen molar-refractivity contribution in [2.75, 3.05) is 11.9 Å². The third-order valence-corrected chi connectivity index (χ3v) is 6.86. The Morgan fingerprint density at radius 2 is 1.81 bits per heavy atom. The minimum absolute atomic E-state index is 0.0611. The summed E-state index contributed by atoms with van der Waals surface area (Å²) in [5.41, 5.74) is 4.23. The molecule has 0 amide bonds. The molecule has 1 aliphatic carbocycles. The van der Waals surface area contributed by atoms with Crippen molar-refractivity contribution in [1.29, 1.82) is 0 Å². The average Bonchev–Trinajstić information content (AvgIpc) is 3.37. The number of aryl methyl sites for hydroxylation is 1. The Hall–Kier alpha value is -3.88. The number of tetrazole rings is 1. The Balaban J connectivity index is 1.45. The highest BCUT2D eigenvalue weighted by Gasteiger charge is 2.36. The molecule has 1 aliphatic heterocycles. The number of carbonyl (C=O) groups excluding carboxylic acids is 1. The van der Waals surface area contributed by atoms with Crippen LogP contribution in [0.4, 0.5) is 5.95 Å². The second kappa shape index (κ2) is 11.0. The number of hydrogen-bond acceptors (Lipinski definition) is 8. The van der Waals surface area contributed by atoms with E-state index >= 15 is 0 Å². The van der Waals surface area contributed by atoms with Gasteiger partial charge in [0.1, 0.15) is 18.8 Å². The highest BCUT2D eigenvalue weighted by atomic mass is 16.5. The highest BCUT2D eigenvalue weighted by molar-refractivity contribution is 5.92. The van der Waals surface area contributed by atoms with Crippen LogP contribution in [0.1, 0.15) is 68.7 Å². The van der Waals surface area contributed by atoms with Crippen LogP contribution in [-0.2, 0) is 16.1 Å². The first-order valence-electron chi connectivity index (χ1n) is 12.9. The van der Waals surface area contributed by atoms with Gasteiger partial charge in [-0.2, -0.15) is 4.68 Å². The number of anilines is 1. The number of rotatable bonds is 8. The van der Waals surface area contributed by atoms with Crippen LogP contribution in [0.2, 0.25) is 0 Å². The number of ether oxygens (including phenoxy) is 3. The second-order valence-corrected chi connectivity index (χ2v) is 9.59. The number of nitrogens with one attached hydrogen (secondary N) is 1. The standard InChI is InChI=1S/C28H33N5O4/c1-4-35-24-16-21(14-15-23(24)36-17-20-12-10-18(2)11-13-20)26-25(19(3)29-28-30-31-32-33(26)28)27(34)37-22-8-6-5-7-9-22/h10-16,22,26H,4-9,17H2,1-3H3,(H,29,30,32). The molecule has 0 saturated heterocycles. The Morgan fingerprint density at radius 3 is 2.57 bits per heavy atom. The van der Waals surface area contributed by atoms with Gasteiger partial charge in [0.15, 0.2) is 11.5 Å². The molecule has 37 heavy (non-hydrogen) atoms. The summed E-state index contributed by atoms with van der Waals surface area (Å²) >= 11 is 0. The molecular formula is C28H33N5O4. The predicted molar refractivity (Wildman–Crippen MR) is 138 cm³/mol. The van der Waals surface area contributed by atoms with Crippen LogP contribution < -0.4 is 14.8 Å². The van der Waals surface area contributed by atoms with Gasteiger partial charge in [0, 0.05) is 5.70 Å². The van der Waals surface area contributed by atoms with Crippen molar-refractivity contribution in [1.82, 2.24) is 20.2 Å². The van der Waals surface area contributed by atoms with Crippen LogP contribution in [0.5, 0.6) is 11.5 Å². The van der Waals surface area contributed by atoms with Crippen molar-refractivity contribution in [3.05, 3.63) is 70.4 Å². The van der Waals surface area contributed by atoms with Crippen molar-refractivity contribution in [2.45, 2.75) is 71.6 Å². The van der Waals surface area contributed by atoms with Gasteiger partial charge >= 0.3 is 5.97 Å². The van der Waals surface area contributed by atoms with Crippen molar-refractivity contribution < 1.29 is 19.0 Å². The molecule has 5 rings (SSSR count). The summed E-state index contributed by atoms with van der Waals surface area (Å²) in [4.78, 5) is 13.5. The lowest BCUT2D eigenvalue weighted by Gasteiger charge is -2.30. The van der Waals surface area contributed by atoms with Gasteiger partial charge in [-0.25, -0.2) is 4.79 Å². The average molecular weight is 504 g/mol. The summed E-state index contributed by atoms with van der Waals surface area (Å²) in [6.45, 7) is 6.73. The normalized spacial score (nSPS) is 17.6. The molecule has 1 fully saturated rings. The van der Waals surface area contributed by atoms with E-state index in [4.69, 9.17) is 14.2 Å². The largest absolute Gasteiger partial charge is 0.490 e. The van der Waals surface area contributed by atoms with Gasteiger partial charge < -0.3 is 19.5 Å². The molecule has 0 bridgehead atoms. The summed E-state index contributed by atoms with van der Waals surface area (Å²) in [6.07, 6.45) is 5.08. The topological polar surface area (TPSA) is 100 Å². The van der Waals surface area contributed by atoms with E-state index in [1.165, 1.54) is 12.0 Å². The van der Waals surface area contributed by atoms with E-state index in [-0.39, 0.29) is 12.1 Å². The van der Waals surface area contributed by atoms with Crippen molar-refractivity contribution in [3.8, 4) is 11.5 Å². The Bertz CT molecular complexity index is 1280. The molecule has 1 unspecified atom stereocenters. The Kier molecular flexibility index (Phi) is 7.39. The third-order valence-electron chi connectivity index (χ3n) is 6.86. The molecule has 1 saturated carbocycles. The highest BCUT2D eigenvalue weighted by Crippen LogP contribution is 2.39. The number of fused-ring (bicyclic) bond motifs is 1. The number of esters is 1. The monoisotopic (exact) mass is 503 g/mol. The minimum atomic E-state index is -0.562. The van der Waals surface area contributed by atoms with E-state index in [0.717, 1.165) is 36.8 Å². The van der Waals surface area contributed by atoms with Crippen molar-refractivity contribution in [2.24, 2.45) is 0 Å². The SMILES string of the molecule is CCOc1cc(C2C(C(=O)OC3CCCCC3)=C(C)Nc3nnnn32)ccc1OCc1ccc(C)cc1. The van der Waals surface area contributed by atoms with E-state index in [9.17, 15) is 4.79 Å². The number of hydrogen-bond donors (Lipinski definition) is 1. The zero-order valence-corrected chi connectivity index (χ0v) is 21.6. The van der Waals surface area contributed by atoms with Gasteiger partial charge in [-0.3, -0.25) is 0 Å². The van der Waals surface area contributed by atoms with Crippen LogP contribution in [0.15, 0.2) is 53.7 Å². The van der Waals surface area contributed by atoms with E-state index in [2.05, 4.69) is 52.0 Å². The van der Waals surface area contributed by atoms with Crippen LogP contribution >= 0.6 is 0 Å². The lowest BCUT2D eigenvalue weighted by Crippen LogP contribution is -2.32. The van der Waals surface area contributed by atoms with Gasteiger partial charge in [0.05, 0.1) is 12.2 Å². The lowest BCUT2D eigenvalue weighted by atomic mass is 9.94. The number of allylic oxidation sites excluding steroid dienone is 1. The fraction of sp³-hybridized carbons (Fsp3) is 0.429. The van der Waals surface area contributed by atoms with Crippen LogP contribution in [-0.4, -0.2) is 38.9 Å². The van der Waals surface area contributed by atoms with Crippen molar-refractivity contribution >= 4 is 11.9 Å². The maximum Gasteiger partial charge on any atom is 0.338 e. The lowest BCUT2D eigenvalue weighted by molar-refractivity contribution is -0.146. The molecule has 3 aromatic rings. The van der Waals surface area contributed by atoms with Crippen molar-refractivity contribution in [3.63, 3.8) is 0 Å². The molecule has 9 nitrogen and oxygen atoms in total. The maximum absolute atomic E-state index is 13.5. The van der Waals surface area contributed by atoms with Crippen LogP contribution in [0.25, 0.3) is 0 Å². The predicted octanol–water partition coefficient (Wildman–Crippen LogP) is 5.12. The Labute approximate surface area is 216 Å². The van der Waals surface area contributed by atoms with E-state index in [0.29, 0.717) is 41.9 Å². The van der Waals surface area contributed by atoms with Gasteiger partial charge in [-0.05, 0) is 80.1 Å².